The highest BCUT2D eigenvalue weighted by Gasteiger charge is 2.15. The second-order valence-corrected chi connectivity index (χ2v) is 5.30. The molecule has 0 unspecified atom stereocenters. The van der Waals surface area contributed by atoms with E-state index in [2.05, 4.69) is 5.32 Å². The van der Waals surface area contributed by atoms with Gasteiger partial charge in [0.2, 0.25) is 0 Å². The van der Waals surface area contributed by atoms with Gasteiger partial charge in [0.1, 0.15) is 6.07 Å². The fourth-order valence-electron chi connectivity index (χ4n) is 2.09. The Hall–Kier alpha value is -1.28. The van der Waals surface area contributed by atoms with Gasteiger partial charge in [-0.3, -0.25) is 0 Å². The first-order valence-corrected chi connectivity index (χ1v) is 7.26. The zero-order valence-corrected chi connectivity index (χ0v) is 12.2. The van der Waals surface area contributed by atoms with Crippen LogP contribution in [0.3, 0.4) is 0 Å². The summed E-state index contributed by atoms with van der Waals surface area (Å²) in [4.78, 5) is 0. The van der Waals surface area contributed by atoms with Crippen molar-refractivity contribution in [1.29, 1.82) is 5.26 Å². The molecule has 0 amide bonds. The molecular formula is C15H19ClN2O2. The van der Waals surface area contributed by atoms with E-state index in [0.717, 1.165) is 51.5 Å². The van der Waals surface area contributed by atoms with Gasteiger partial charge in [-0.15, -0.1) is 0 Å². The summed E-state index contributed by atoms with van der Waals surface area (Å²) in [6, 6.07) is 7.40. The Morgan fingerprint density at radius 3 is 3.10 bits per heavy atom. The maximum Gasteiger partial charge on any atom is 0.101 e. The number of hydrogen-bond donors (Lipinski definition) is 1. The Bertz CT molecular complexity index is 467. The SMILES string of the molecule is N#Cc1ccc(NCCCOC[C@@H]2CCOC2)cc1Cl. The van der Waals surface area contributed by atoms with Crippen LogP contribution >= 0.6 is 11.6 Å². The molecule has 1 aromatic carbocycles. The number of nitrogens with zero attached hydrogens (tertiary/aromatic N) is 1. The number of ether oxygens (including phenoxy) is 2. The molecule has 1 fully saturated rings. The first kappa shape index (κ1) is 15.1. The summed E-state index contributed by atoms with van der Waals surface area (Å²) in [6.07, 6.45) is 2.05. The van der Waals surface area contributed by atoms with Crippen LogP contribution in [-0.2, 0) is 9.47 Å². The minimum atomic E-state index is 0.481. The zero-order chi connectivity index (χ0) is 14.2. The van der Waals surface area contributed by atoms with Crippen molar-refractivity contribution < 1.29 is 9.47 Å². The first-order valence-electron chi connectivity index (χ1n) is 6.88. The van der Waals surface area contributed by atoms with Crippen molar-refractivity contribution in [3.8, 4) is 6.07 Å². The summed E-state index contributed by atoms with van der Waals surface area (Å²) in [6.45, 7) is 4.07. The summed E-state index contributed by atoms with van der Waals surface area (Å²) in [5, 5.41) is 12.5. The molecule has 20 heavy (non-hydrogen) atoms. The van der Waals surface area contributed by atoms with Crippen molar-refractivity contribution >= 4 is 17.3 Å². The Balaban J connectivity index is 1.58. The highest BCUT2D eigenvalue weighted by molar-refractivity contribution is 6.32. The van der Waals surface area contributed by atoms with E-state index >= 15 is 0 Å². The van der Waals surface area contributed by atoms with Gasteiger partial charge in [-0.25, -0.2) is 0 Å². The standard InChI is InChI=1S/C15H19ClN2O2/c16-15-8-14(3-2-13(15)9-17)18-5-1-6-19-10-12-4-7-20-11-12/h2-3,8,12,18H,1,4-7,10-11H2/t12-/m0/s1. The molecule has 0 aromatic heterocycles. The van der Waals surface area contributed by atoms with E-state index in [1.54, 1.807) is 12.1 Å². The minimum absolute atomic E-state index is 0.481. The fourth-order valence-corrected chi connectivity index (χ4v) is 2.31. The van der Waals surface area contributed by atoms with Crippen molar-refractivity contribution in [2.75, 3.05) is 38.3 Å². The predicted molar refractivity (Wildman–Crippen MR) is 79.0 cm³/mol. The normalized spacial score (nSPS) is 17.9. The quantitative estimate of drug-likeness (QED) is 0.785. The molecule has 1 aliphatic heterocycles. The highest BCUT2D eigenvalue weighted by atomic mass is 35.5. The van der Waals surface area contributed by atoms with Crippen LogP contribution in [0.1, 0.15) is 18.4 Å². The maximum absolute atomic E-state index is 8.79. The van der Waals surface area contributed by atoms with Gasteiger partial charge in [0.25, 0.3) is 0 Å². The molecule has 4 nitrogen and oxygen atoms in total. The summed E-state index contributed by atoms with van der Waals surface area (Å²) >= 11 is 5.97. The van der Waals surface area contributed by atoms with Crippen molar-refractivity contribution in [1.82, 2.24) is 0 Å². The van der Waals surface area contributed by atoms with Crippen LogP contribution in [0.4, 0.5) is 5.69 Å². The van der Waals surface area contributed by atoms with Gasteiger partial charge in [-0.2, -0.15) is 5.26 Å². The summed E-state index contributed by atoms with van der Waals surface area (Å²) in [5.41, 5.74) is 1.43. The van der Waals surface area contributed by atoms with Crippen LogP contribution in [0, 0.1) is 17.2 Å². The van der Waals surface area contributed by atoms with Crippen LogP contribution < -0.4 is 5.32 Å². The van der Waals surface area contributed by atoms with Gasteiger partial charge in [-0.1, -0.05) is 11.6 Å². The number of nitriles is 1. The third kappa shape index (κ3) is 4.68. The van der Waals surface area contributed by atoms with Crippen LogP contribution in [0.2, 0.25) is 5.02 Å². The number of nitrogens with one attached hydrogen (secondary N) is 1. The maximum atomic E-state index is 8.79. The molecule has 1 saturated heterocycles. The van der Waals surface area contributed by atoms with Crippen LogP contribution in [0.25, 0.3) is 0 Å². The number of hydrogen-bond acceptors (Lipinski definition) is 4. The Labute approximate surface area is 124 Å². The largest absolute Gasteiger partial charge is 0.385 e. The third-order valence-electron chi connectivity index (χ3n) is 3.26. The van der Waals surface area contributed by atoms with Gasteiger partial charge < -0.3 is 14.8 Å². The fraction of sp³-hybridized carbons (Fsp3) is 0.533. The second-order valence-electron chi connectivity index (χ2n) is 4.89. The lowest BCUT2D eigenvalue weighted by molar-refractivity contribution is 0.0897. The van der Waals surface area contributed by atoms with Gasteiger partial charge in [-0.05, 0) is 31.0 Å². The lowest BCUT2D eigenvalue weighted by Crippen LogP contribution is -2.12. The lowest BCUT2D eigenvalue weighted by Gasteiger charge is -2.10. The molecule has 2 rings (SSSR count). The zero-order valence-electron chi connectivity index (χ0n) is 11.4. The lowest BCUT2D eigenvalue weighted by atomic mass is 10.1. The monoisotopic (exact) mass is 294 g/mol. The molecule has 0 spiro atoms. The Morgan fingerprint density at radius 2 is 2.40 bits per heavy atom. The molecule has 0 aliphatic carbocycles. The number of anilines is 1. The molecule has 1 aromatic rings. The van der Waals surface area contributed by atoms with Crippen molar-refractivity contribution in [3.05, 3.63) is 28.8 Å². The van der Waals surface area contributed by atoms with Crippen LogP contribution in [0.5, 0.6) is 0 Å². The van der Waals surface area contributed by atoms with Gasteiger partial charge in [0, 0.05) is 31.4 Å². The number of halogens is 1. The average molecular weight is 295 g/mol. The summed E-state index contributed by atoms with van der Waals surface area (Å²) in [7, 11) is 0. The van der Waals surface area contributed by atoms with Crippen molar-refractivity contribution in [2.45, 2.75) is 12.8 Å². The van der Waals surface area contributed by atoms with Crippen LogP contribution in [0.15, 0.2) is 18.2 Å². The highest BCUT2D eigenvalue weighted by Crippen LogP contribution is 2.20. The average Bonchev–Trinajstić information content (AvgIpc) is 2.96. The molecule has 108 valence electrons. The van der Waals surface area contributed by atoms with Crippen molar-refractivity contribution in [2.24, 2.45) is 5.92 Å². The van der Waals surface area contributed by atoms with E-state index in [9.17, 15) is 0 Å². The first-order chi connectivity index (χ1) is 9.79. The second kappa shape index (κ2) is 8.11. The molecule has 1 atom stereocenters. The third-order valence-corrected chi connectivity index (χ3v) is 3.57. The summed E-state index contributed by atoms with van der Waals surface area (Å²) in [5.74, 6) is 0.570. The molecule has 1 aliphatic rings. The Morgan fingerprint density at radius 1 is 1.50 bits per heavy atom. The van der Waals surface area contributed by atoms with E-state index in [1.807, 2.05) is 12.1 Å². The van der Waals surface area contributed by atoms with Gasteiger partial charge >= 0.3 is 0 Å². The van der Waals surface area contributed by atoms with E-state index in [0.29, 0.717) is 16.5 Å². The van der Waals surface area contributed by atoms with Crippen LogP contribution in [-0.4, -0.2) is 33.0 Å². The van der Waals surface area contributed by atoms with E-state index in [4.69, 9.17) is 26.3 Å². The van der Waals surface area contributed by atoms with E-state index in [-0.39, 0.29) is 0 Å². The molecule has 0 saturated carbocycles. The molecular weight excluding hydrogens is 276 g/mol. The predicted octanol–water partition coefficient (Wildman–Crippen LogP) is 3.07. The number of benzene rings is 1. The molecule has 0 radical (unpaired) electrons. The molecule has 1 heterocycles. The smallest absolute Gasteiger partial charge is 0.101 e. The molecule has 1 N–H and O–H groups in total. The topological polar surface area (TPSA) is 54.3 Å². The van der Waals surface area contributed by atoms with Gasteiger partial charge in [0.05, 0.1) is 23.8 Å². The van der Waals surface area contributed by atoms with Crippen molar-refractivity contribution in [3.63, 3.8) is 0 Å². The minimum Gasteiger partial charge on any atom is -0.385 e. The molecule has 0 bridgehead atoms. The number of rotatable bonds is 7. The van der Waals surface area contributed by atoms with Gasteiger partial charge in [0.15, 0.2) is 0 Å². The summed E-state index contributed by atoms with van der Waals surface area (Å²) < 4.78 is 10.9. The van der Waals surface area contributed by atoms with E-state index < -0.39 is 0 Å². The van der Waals surface area contributed by atoms with E-state index in [1.165, 1.54) is 0 Å². The molecule has 5 heteroatoms. The Kier molecular flexibility index (Phi) is 6.13.